The molecule has 1 aromatic rings. The fourth-order valence-electron chi connectivity index (χ4n) is 2.18. The van der Waals surface area contributed by atoms with Crippen molar-refractivity contribution in [2.24, 2.45) is 11.3 Å². The summed E-state index contributed by atoms with van der Waals surface area (Å²) in [6.07, 6.45) is 1.24. The van der Waals surface area contributed by atoms with E-state index in [-0.39, 0.29) is 10.6 Å². The van der Waals surface area contributed by atoms with E-state index in [4.69, 9.17) is 0 Å². The van der Waals surface area contributed by atoms with Gasteiger partial charge in [0.1, 0.15) is 0 Å². The second kappa shape index (κ2) is 4.97. The summed E-state index contributed by atoms with van der Waals surface area (Å²) in [5.74, 6) is 0.698. The van der Waals surface area contributed by atoms with Gasteiger partial charge in [-0.1, -0.05) is 29.8 Å². The van der Waals surface area contributed by atoms with E-state index in [9.17, 15) is 10.1 Å². The molecular weight excluding hydrogens is 296 g/mol. The molecule has 1 unspecified atom stereocenters. The summed E-state index contributed by atoms with van der Waals surface area (Å²) in [7, 11) is 0. The third-order valence-corrected chi connectivity index (χ3v) is 4.16. The van der Waals surface area contributed by atoms with Crippen LogP contribution in [0.4, 0.5) is 5.69 Å². The van der Waals surface area contributed by atoms with Crippen LogP contribution in [0, 0.1) is 21.4 Å². The van der Waals surface area contributed by atoms with Gasteiger partial charge in [0.25, 0.3) is 5.69 Å². The average Bonchev–Trinajstić information content (AvgIpc) is 2.86. The molecule has 0 amide bonds. The highest BCUT2D eigenvalue weighted by Gasteiger charge is 2.44. The predicted molar refractivity (Wildman–Crippen MR) is 74.4 cm³/mol. The van der Waals surface area contributed by atoms with Gasteiger partial charge in [-0.25, -0.2) is 0 Å². The zero-order chi connectivity index (χ0) is 13.3. The number of nitro benzene ring substituents is 1. The van der Waals surface area contributed by atoms with E-state index < -0.39 is 0 Å². The summed E-state index contributed by atoms with van der Waals surface area (Å²) >= 11 is 3.35. The molecule has 1 aliphatic carbocycles. The van der Waals surface area contributed by atoms with Gasteiger partial charge in [0.15, 0.2) is 0 Å². The molecule has 0 aromatic heterocycles. The van der Waals surface area contributed by atoms with Crippen molar-refractivity contribution >= 4 is 21.6 Å². The Kier molecular flexibility index (Phi) is 3.73. The third kappa shape index (κ3) is 3.09. The van der Waals surface area contributed by atoms with Crippen molar-refractivity contribution in [2.75, 3.05) is 6.54 Å². The number of nitrogens with one attached hydrogen (secondary N) is 1. The number of nitro groups is 1. The normalized spacial score (nSPS) is 20.7. The second-order valence-electron chi connectivity index (χ2n) is 5.55. The number of benzene rings is 1. The van der Waals surface area contributed by atoms with Gasteiger partial charge in [0, 0.05) is 22.6 Å². The highest BCUT2D eigenvalue weighted by molar-refractivity contribution is 9.10. The Bertz CT molecular complexity index is 474. The van der Waals surface area contributed by atoms with Crippen molar-refractivity contribution in [3.05, 3.63) is 38.3 Å². The van der Waals surface area contributed by atoms with Gasteiger partial charge in [0.05, 0.1) is 4.92 Å². The van der Waals surface area contributed by atoms with Crippen LogP contribution in [0.2, 0.25) is 0 Å². The monoisotopic (exact) mass is 312 g/mol. The van der Waals surface area contributed by atoms with Crippen LogP contribution in [-0.4, -0.2) is 11.5 Å². The van der Waals surface area contributed by atoms with E-state index in [1.807, 2.05) is 6.07 Å². The standard InChI is InChI=1S/C13H17BrN2O2/c1-13(2)6-10(13)8-15-7-9-5-11(14)3-4-12(9)16(17)18/h3-5,10,15H,6-8H2,1-2H3. The van der Waals surface area contributed by atoms with Crippen LogP contribution >= 0.6 is 15.9 Å². The molecule has 0 heterocycles. The largest absolute Gasteiger partial charge is 0.312 e. The fraction of sp³-hybridized carbons (Fsp3) is 0.538. The van der Waals surface area contributed by atoms with E-state index in [0.717, 1.165) is 16.6 Å². The van der Waals surface area contributed by atoms with Crippen LogP contribution in [-0.2, 0) is 6.54 Å². The van der Waals surface area contributed by atoms with E-state index in [1.54, 1.807) is 12.1 Å². The lowest BCUT2D eigenvalue weighted by atomic mass is 10.1. The molecule has 2 rings (SSSR count). The van der Waals surface area contributed by atoms with Crippen molar-refractivity contribution in [3.63, 3.8) is 0 Å². The number of rotatable bonds is 5. The minimum Gasteiger partial charge on any atom is -0.312 e. The van der Waals surface area contributed by atoms with E-state index in [2.05, 4.69) is 35.1 Å². The molecule has 1 aliphatic rings. The predicted octanol–water partition coefficient (Wildman–Crippen LogP) is 3.49. The van der Waals surface area contributed by atoms with Gasteiger partial charge in [-0.05, 0) is 36.4 Å². The summed E-state index contributed by atoms with van der Waals surface area (Å²) in [5, 5.41) is 14.2. The first-order valence-electron chi connectivity index (χ1n) is 6.04. The maximum atomic E-state index is 10.9. The molecule has 1 aromatic carbocycles. The Morgan fingerprint density at radius 3 is 2.78 bits per heavy atom. The molecule has 98 valence electrons. The summed E-state index contributed by atoms with van der Waals surface area (Å²) < 4.78 is 0.872. The summed E-state index contributed by atoms with van der Waals surface area (Å²) in [4.78, 5) is 10.6. The lowest BCUT2D eigenvalue weighted by Crippen LogP contribution is -2.18. The molecule has 1 saturated carbocycles. The summed E-state index contributed by atoms with van der Waals surface area (Å²) in [6.45, 7) is 5.97. The van der Waals surface area contributed by atoms with Gasteiger partial charge >= 0.3 is 0 Å². The summed E-state index contributed by atoms with van der Waals surface area (Å²) in [5.41, 5.74) is 1.35. The topological polar surface area (TPSA) is 55.2 Å². The van der Waals surface area contributed by atoms with Gasteiger partial charge in [-0.2, -0.15) is 0 Å². The first-order chi connectivity index (χ1) is 8.40. The zero-order valence-corrected chi connectivity index (χ0v) is 12.2. The van der Waals surface area contributed by atoms with Gasteiger partial charge in [-0.3, -0.25) is 10.1 Å². The molecular formula is C13H17BrN2O2. The van der Waals surface area contributed by atoms with Crippen LogP contribution < -0.4 is 5.32 Å². The SMILES string of the molecule is CC1(C)CC1CNCc1cc(Br)ccc1[N+](=O)[O-]. The van der Waals surface area contributed by atoms with Crippen molar-refractivity contribution in [1.29, 1.82) is 0 Å². The Morgan fingerprint density at radius 1 is 1.56 bits per heavy atom. The van der Waals surface area contributed by atoms with Gasteiger partial charge < -0.3 is 5.32 Å². The molecule has 18 heavy (non-hydrogen) atoms. The molecule has 5 heteroatoms. The van der Waals surface area contributed by atoms with Crippen molar-refractivity contribution in [1.82, 2.24) is 5.32 Å². The van der Waals surface area contributed by atoms with Crippen LogP contribution in [0.25, 0.3) is 0 Å². The molecule has 4 nitrogen and oxygen atoms in total. The van der Waals surface area contributed by atoms with Crippen molar-refractivity contribution in [2.45, 2.75) is 26.8 Å². The molecule has 1 N–H and O–H groups in total. The molecule has 0 spiro atoms. The Balaban J connectivity index is 1.96. The Hall–Kier alpha value is -0.940. The maximum absolute atomic E-state index is 10.9. The van der Waals surface area contributed by atoms with E-state index >= 15 is 0 Å². The second-order valence-corrected chi connectivity index (χ2v) is 6.47. The quantitative estimate of drug-likeness (QED) is 0.669. The maximum Gasteiger partial charge on any atom is 0.273 e. The molecule has 0 aliphatic heterocycles. The number of nitrogens with zero attached hydrogens (tertiary/aromatic N) is 1. The van der Waals surface area contributed by atoms with Crippen LogP contribution in [0.3, 0.4) is 0 Å². The molecule has 1 atom stereocenters. The van der Waals surface area contributed by atoms with Crippen LogP contribution in [0.5, 0.6) is 0 Å². The molecule has 0 radical (unpaired) electrons. The van der Waals surface area contributed by atoms with Gasteiger partial charge in [-0.15, -0.1) is 0 Å². The lowest BCUT2D eigenvalue weighted by molar-refractivity contribution is -0.385. The van der Waals surface area contributed by atoms with Gasteiger partial charge in [0.2, 0.25) is 0 Å². The Labute approximate surface area is 115 Å². The summed E-state index contributed by atoms with van der Waals surface area (Å²) in [6, 6.07) is 5.05. The first kappa shape index (κ1) is 13.5. The molecule has 0 saturated heterocycles. The zero-order valence-electron chi connectivity index (χ0n) is 10.6. The highest BCUT2D eigenvalue weighted by Crippen LogP contribution is 2.51. The smallest absolute Gasteiger partial charge is 0.273 e. The first-order valence-corrected chi connectivity index (χ1v) is 6.83. The fourth-order valence-corrected chi connectivity index (χ4v) is 2.59. The van der Waals surface area contributed by atoms with Crippen LogP contribution in [0.1, 0.15) is 25.8 Å². The minimum absolute atomic E-state index is 0.181. The lowest BCUT2D eigenvalue weighted by Gasteiger charge is -2.07. The van der Waals surface area contributed by atoms with Crippen LogP contribution in [0.15, 0.2) is 22.7 Å². The Morgan fingerprint density at radius 2 is 2.22 bits per heavy atom. The third-order valence-electron chi connectivity index (χ3n) is 3.66. The molecule has 0 bridgehead atoms. The van der Waals surface area contributed by atoms with Crippen molar-refractivity contribution < 1.29 is 4.92 Å². The number of hydrogen-bond acceptors (Lipinski definition) is 3. The average molecular weight is 313 g/mol. The molecule has 1 fully saturated rings. The number of hydrogen-bond donors (Lipinski definition) is 1. The highest BCUT2D eigenvalue weighted by atomic mass is 79.9. The number of halogens is 1. The van der Waals surface area contributed by atoms with Crippen molar-refractivity contribution in [3.8, 4) is 0 Å². The van der Waals surface area contributed by atoms with E-state index in [0.29, 0.717) is 17.9 Å². The minimum atomic E-state index is -0.329. The van der Waals surface area contributed by atoms with E-state index in [1.165, 1.54) is 6.42 Å².